The van der Waals surface area contributed by atoms with Crippen LogP contribution in [0.4, 0.5) is 11.5 Å². The molecule has 1 amide bonds. The van der Waals surface area contributed by atoms with E-state index in [0.29, 0.717) is 24.6 Å². The Labute approximate surface area is 172 Å². The van der Waals surface area contributed by atoms with Crippen LogP contribution in [0.5, 0.6) is 0 Å². The minimum absolute atomic E-state index is 0.0660. The first-order chi connectivity index (χ1) is 13.8. The van der Waals surface area contributed by atoms with E-state index in [9.17, 15) is 4.79 Å². The average Bonchev–Trinajstić information content (AvgIpc) is 3.17. The SMILES string of the molecule is CC(C)(C)c1ccc(C(=O)Nc2ccc(N3CCC4(CC3)OCCO4)cn2)cc1. The number of nitrogens with zero attached hydrogens (tertiary/aromatic N) is 2. The van der Waals surface area contributed by atoms with E-state index >= 15 is 0 Å². The highest BCUT2D eigenvalue weighted by Crippen LogP contribution is 2.33. The molecule has 1 aromatic carbocycles. The third-order valence-corrected chi connectivity index (χ3v) is 5.71. The van der Waals surface area contributed by atoms with Crippen LogP contribution in [0.3, 0.4) is 0 Å². The molecule has 3 heterocycles. The molecule has 0 atom stereocenters. The zero-order valence-corrected chi connectivity index (χ0v) is 17.4. The zero-order chi connectivity index (χ0) is 20.5. The van der Waals surface area contributed by atoms with Crippen LogP contribution in [0.1, 0.15) is 49.5 Å². The standard InChI is InChI=1S/C23H29N3O3/c1-22(2,3)18-6-4-17(5-7-18)21(27)25-20-9-8-19(16-24-20)26-12-10-23(11-13-26)28-14-15-29-23/h4-9,16H,10-15H2,1-3H3,(H,24,25,27). The van der Waals surface area contributed by atoms with Crippen LogP contribution in [0, 0.1) is 0 Å². The lowest BCUT2D eigenvalue weighted by molar-refractivity contribution is -0.169. The molecule has 2 aromatic rings. The minimum Gasteiger partial charge on any atom is -0.370 e. The van der Waals surface area contributed by atoms with Gasteiger partial charge in [0.15, 0.2) is 5.79 Å². The van der Waals surface area contributed by atoms with Crippen molar-refractivity contribution in [3.63, 3.8) is 0 Å². The second-order valence-electron chi connectivity index (χ2n) is 8.78. The van der Waals surface area contributed by atoms with Crippen molar-refractivity contribution >= 4 is 17.4 Å². The summed E-state index contributed by atoms with van der Waals surface area (Å²) in [4.78, 5) is 19.2. The summed E-state index contributed by atoms with van der Waals surface area (Å²) in [7, 11) is 0. The predicted molar refractivity (Wildman–Crippen MR) is 113 cm³/mol. The Morgan fingerprint density at radius 2 is 1.69 bits per heavy atom. The smallest absolute Gasteiger partial charge is 0.256 e. The molecule has 2 saturated heterocycles. The minimum atomic E-state index is -0.375. The van der Waals surface area contributed by atoms with Crippen molar-refractivity contribution in [2.75, 3.05) is 36.5 Å². The van der Waals surface area contributed by atoms with E-state index in [4.69, 9.17) is 9.47 Å². The van der Waals surface area contributed by atoms with Gasteiger partial charge in [-0.15, -0.1) is 0 Å². The maximum Gasteiger partial charge on any atom is 0.256 e. The molecule has 0 saturated carbocycles. The number of hydrogen-bond donors (Lipinski definition) is 1. The van der Waals surface area contributed by atoms with Gasteiger partial charge in [-0.1, -0.05) is 32.9 Å². The van der Waals surface area contributed by atoms with Crippen LogP contribution in [0.15, 0.2) is 42.6 Å². The fraction of sp³-hybridized carbons (Fsp3) is 0.478. The van der Waals surface area contributed by atoms with Crippen molar-refractivity contribution in [1.82, 2.24) is 4.98 Å². The molecule has 1 aromatic heterocycles. The third kappa shape index (κ3) is 4.43. The molecule has 0 bridgehead atoms. The Balaban J connectivity index is 1.35. The van der Waals surface area contributed by atoms with Gasteiger partial charge in [0.05, 0.1) is 25.1 Å². The van der Waals surface area contributed by atoms with Crippen LogP contribution in [-0.2, 0) is 14.9 Å². The number of nitrogens with one attached hydrogen (secondary N) is 1. The van der Waals surface area contributed by atoms with Gasteiger partial charge in [-0.25, -0.2) is 4.98 Å². The highest BCUT2D eigenvalue weighted by molar-refractivity contribution is 6.03. The molecule has 2 aliphatic heterocycles. The van der Waals surface area contributed by atoms with Crippen LogP contribution >= 0.6 is 0 Å². The van der Waals surface area contributed by atoms with E-state index < -0.39 is 0 Å². The number of hydrogen-bond acceptors (Lipinski definition) is 5. The van der Waals surface area contributed by atoms with Gasteiger partial charge in [-0.2, -0.15) is 0 Å². The molecule has 0 unspecified atom stereocenters. The van der Waals surface area contributed by atoms with Crippen LogP contribution < -0.4 is 10.2 Å². The molecular formula is C23H29N3O3. The lowest BCUT2D eigenvalue weighted by atomic mass is 9.87. The third-order valence-electron chi connectivity index (χ3n) is 5.71. The number of anilines is 2. The fourth-order valence-electron chi connectivity index (χ4n) is 3.85. The zero-order valence-electron chi connectivity index (χ0n) is 17.4. The molecule has 29 heavy (non-hydrogen) atoms. The predicted octanol–water partition coefficient (Wildman–Crippen LogP) is 3.97. The summed E-state index contributed by atoms with van der Waals surface area (Å²) < 4.78 is 11.6. The van der Waals surface area contributed by atoms with Crippen LogP contribution in [0.25, 0.3) is 0 Å². The molecule has 6 nitrogen and oxygen atoms in total. The number of amides is 1. The van der Waals surface area contributed by atoms with Gasteiger partial charge >= 0.3 is 0 Å². The van der Waals surface area contributed by atoms with Crippen molar-refractivity contribution in [3.05, 3.63) is 53.7 Å². The van der Waals surface area contributed by atoms with Gasteiger partial charge < -0.3 is 19.7 Å². The Bertz CT molecular complexity index is 840. The monoisotopic (exact) mass is 395 g/mol. The number of rotatable bonds is 3. The number of benzene rings is 1. The summed E-state index contributed by atoms with van der Waals surface area (Å²) in [6, 6.07) is 11.6. The van der Waals surface area contributed by atoms with Crippen molar-refractivity contribution in [3.8, 4) is 0 Å². The summed E-state index contributed by atoms with van der Waals surface area (Å²) in [5, 5.41) is 2.88. The first-order valence-corrected chi connectivity index (χ1v) is 10.3. The van der Waals surface area contributed by atoms with Gasteiger partial charge in [-0.05, 0) is 35.2 Å². The number of aromatic nitrogens is 1. The average molecular weight is 396 g/mol. The molecule has 0 radical (unpaired) electrons. The number of carbonyl (C=O) groups excluding carboxylic acids is 1. The van der Waals surface area contributed by atoms with E-state index in [1.807, 2.05) is 42.6 Å². The second-order valence-corrected chi connectivity index (χ2v) is 8.78. The molecular weight excluding hydrogens is 366 g/mol. The van der Waals surface area contributed by atoms with E-state index in [-0.39, 0.29) is 17.1 Å². The molecule has 154 valence electrons. The number of carbonyl (C=O) groups is 1. The van der Waals surface area contributed by atoms with Crippen LogP contribution in [0.2, 0.25) is 0 Å². The summed E-state index contributed by atoms with van der Waals surface area (Å²) in [6.07, 6.45) is 3.53. The lowest BCUT2D eigenvalue weighted by Crippen LogP contribution is -2.45. The Morgan fingerprint density at radius 1 is 1.03 bits per heavy atom. The van der Waals surface area contributed by atoms with Crippen molar-refractivity contribution in [2.45, 2.75) is 44.8 Å². The van der Waals surface area contributed by atoms with Crippen molar-refractivity contribution in [2.24, 2.45) is 0 Å². The van der Waals surface area contributed by atoms with Gasteiger partial charge in [0.1, 0.15) is 5.82 Å². The van der Waals surface area contributed by atoms with E-state index in [0.717, 1.165) is 31.6 Å². The molecule has 2 fully saturated rings. The summed E-state index contributed by atoms with van der Waals surface area (Å²) >= 11 is 0. The topological polar surface area (TPSA) is 63.7 Å². The molecule has 6 heteroatoms. The van der Waals surface area contributed by atoms with Gasteiger partial charge in [0.25, 0.3) is 5.91 Å². The van der Waals surface area contributed by atoms with Gasteiger partial charge in [0.2, 0.25) is 0 Å². The summed E-state index contributed by atoms with van der Waals surface area (Å²) in [5.74, 6) is 0.0242. The first kappa shape index (κ1) is 19.9. The maximum atomic E-state index is 12.5. The Kier molecular flexibility index (Phi) is 5.32. The van der Waals surface area contributed by atoms with Crippen molar-refractivity contribution < 1.29 is 14.3 Å². The second kappa shape index (κ2) is 7.76. The Hall–Kier alpha value is -2.44. The van der Waals surface area contributed by atoms with Gasteiger partial charge in [0, 0.05) is 31.5 Å². The number of pyridine rings is 1. The number of ether oxygens (including phenoxy) is 2. The maximum absolute atomic E-state index is 12.5. The van der Waals surface area contributed by atoms with Crippen LogP contribution in [-0.4, -0.2) is 43.0 Å². The quantitative estimate of drug-likeness (QED) is 0.852. The summed E-state index contributed by atoms with van der Waals surface area (Å²) in [6.45, 7) is 9.58. The fourth-order valence-corrected chi connectivity index (χ4v) is 3.85. The summed E-state index contributed by atoms with van der Waals surface area (Å²) in [5.41, 5.74) is 2.94. The highest BCUT2D eigenvalue weighted by atomic mass is 16.7. The molecule has 1 spiro atoms. The normalized spacial score (nSPS) is 18.8. The van der Waals surface area contributed by atoms with E-state index in [1.54, 1.807) is 0 Å². The van der Waals surface area contributed by atoms with E-state index in [2.05, 4.69) is 36.0 Å². The Morgan fingerprint density at radius 3 is 2.24 bits per heavy atom. The molecule has 0 aliphatic carbocycles. The molecule has 1 N–H and O–H groups in total. The molecule has 4 rings (SSSR count). The molecule has 2 aliphatic rings. The van der Waals surface area contributed by atoms with E-state index in [1.165, 1.54) is 5.56 Å². The first-order valence-electron chi connectivity index (χ1n) is 10.3. The van der Waals surface area contributed by atoms with Crippen molar-refractivity contribution in [1.29, 1.82) is 0 Å². The van der Waals surface area contributed by atoms with Gasteiger partial charge in [-0.3, -0.25) is 4.79 Å². The number of piperidine rings is 1. The highest BCUT2D eigenvalue weighted by Gasteiger charge is 2.39. The largest absolute Gasteiger partial charge is 0.370 e. The lowest BCUT2D eigenvalue weighted by Gasteiger charge is -2.38.